The van der Waals surface area contributed by atoms with Gasteiger partial charge in [0.05, 0.1) is 12.2 Å². The number of rotatable bonds is 6. The summed E-state index contributed by atoms with van der Waals surface area (Å²) in [4.78, 5) is 11.0. The van der Waals surface area contributed by atoms with E-state index in [1.165, 1.54) is 6.42 Å². The third kappa shape index (κ3) is 3.34. The minimum atomic E-state index is -0.335. The number of hydrogen-bond acceptors (Lipinski definition) is 3. The van der Waals surface area contributed by atoms with Crippen molar-refractivity contribution in [3.8, 4) is 0 Å². The molecule has 15 heavy (non-hydrogen) atoms. The molecule has 86 valence electrons. The lowest BCUT2D eigenvalue weighted by Gasteiger charge is -2.40. The van der Waals surface area contributed by atoms with Gasteiger partial charge in [0.15, 0.2) is 0 Å². The monoisotopic (exact) mass is 212 g/mol. The van der Waals surface area contributed by atoms with Crippen molar-refractivity contribution in [1.82, 2.24) is 0 Å². The predicted molar refractivity (Wildman–Crippen MR) is 58.6 cm³/mol. The Bertz CT molecular complexity index is 236. The van der Waals surface area contributed by atoms with Crippen LogP contribution in [-0.4, -0.2) is 24.8 Å². The molecule has 0 unspecified atom stereocenters. The number of carbonyl (C=O) groups is 1. The van der Waals surface area contributed by atoms with E-state index in [0.717, 1.165) is 19.3 Å². The van der Waals surface area contributed by atoms with Crippen LogP contribution < -0.4 is 0 Å². The number of esters is 1. The van der Waals surface area contributed by atoms with E-state index in [1.807, 2.05) is 0 Å². The second-order valence-electron chi connectivity index (χ2n) is 4.15. The molecule has 1 aliphatic rings. The van der Waals surface area contributed by atoms with Crippen LogP contribution >= 0.6 is 0 Å². The van der Waals surface area contributed by atoms with Gasteiger partial charge >= 0.3 is 5.97 Å². The normalized spacial score (nSPS) is 18.0. The lowest BCUT2D eigenvalue weighted by Crippen LogP contribution is -2.40. The van der Waals surface area contributed by atoms with Gasteiger partial charge < -0.3 is 9.47 Å². The van der Waals surface area contributed by atoms with E-state index in [2.05, 4.69) is 13.5 Å². The molecule has 1 saturated carbocycles. The van der Waals surface area contributed by atoms with Crippen molar-refractivity contribution in [1.29, 1.82) is 0 Å². The lowest BCUT2D eigenvalue weighted by atomic mass is 9.78. The van der Waals surface area contributed by atoms with Gasteiger partial charge in [-0.05, 0) is 32.6 Å². The van der Waals surface area contributed by atoms with Crippen molar-refractivity contribution in [3.05, 3.63) is 12.2 Å². The van der Waals surface area contributed by atoms with E-state index in [9.17, 15) is 4.79 Å². The van der Waals surface area contributed by atoms with Gasteiger partial charge in [0, 0.05) is 5.57 Å². The SMILES string of the molecule is C=C(C)C(=O)OCCOC1(CC)CCC1. The van der Waals surface area contributed by atoms with Crippen LogP contribution in [0, 0.1) is 0 Å². The molecule has 1 fully saturated rings. The van der Waals surface area contributed by atoms with E-state index in [4.69, 9.17) is 9.47 Å². The van der Waals surface area contributed by atoms with Gasteiger partial charge in [-0.3, -0.25) is 0 Å². The van der Waals surface area contributed by atoms with Crippen LogP contribution in [0.1, 0.15) is 39.5 Å². The first-order valence-electron chi connectivity index (χ1n) is 5.56. The second-order valence-corrected chi connectivity index (χ2v) is 4.15. The summed E-state index contributed by atoms with van der Waals surface area (Å²) in [5.74, 6) is -0.335. The standard InChI is InChI=1S/C12H20O3/c1-4-12(6-5-7-12)15-9-8-14-11(13)10(2)3/h2,4-9H2,1,3H3. The van der Waals surface area contributed by atoms with Gasteiger partial charge in [-0.1, -0.05) is 13.5 Å². The zero-order chi connectivity index (χ0) is 11.3. The Morgan fingerprint density at radius 1 is 1.40 bits per heavy atom. The summed E-state index contributed by atoms with van der Waals surface area (Å²) in [6.07, 6.45) is 4.57. The highest BCUT2D eigenvalue weighted by atomic mass is 16.6. The number of carbonyl (C=O) groups excluding carboxylic acids is 1. The molecule has 0 N–H and O–H groups in total. The van der Waals surface area contributed by atoms with Gasteiger partial charge in [-0.2, -0.15) is 0 Å². The van der Waals surface area contributed by atoms with Crippen molar-refractivity contribution in [3.63, 3.8) is 0 Å². The number of hydrogen-bond donors (Lipinski definition) is 0. The fourth-order valence-electron chi connectivity index (χ4n) is 1.69. The summed E-state index contributed by atoms with van der Waals surface area (Å²) in [7, 11) is 0. The molecular formula is C12H20O3. The quantitative estimate of drug-likeness (QED) is 0.385. The second kappa shape index (κ2) is 5.31. The van der Waals surface area contributed by atoms with Crippen LogP contribution in [-0.2, 0) is 14.3 Å². The van der Waals surface area contributed by atoms with Crippen LogP contribution in [0.2, 0.25) is 0 Å². The van der Waals surface area contributed by atoms with Crippen LogP contribution in [0.15, 0.2) is 12.2 Å². The molecule has 0 amide bonds. The van der Waals surface area contributed by atoms with Crippen molar-refractivity contribution in [2.45, 2.75) is 45.1 Å². The van der Waals surface area contributed by atoms with Gasteiger partial charge in [-0.25, -0.2) is 4.79 Å². The largest absolute Gasteiger partial charge is 0.460 e. The fourth-order valence-corrected chi connectivity index (χ4v) is 1.69. The average Bonchev–Trinajstić information content (AvgIpc) is 2.15. The summed E-state index contributed by atoms with van der Waals surface area (Å²) in [6, 6.07) is 0. The third-order valence-electron chi connectivity index (χ3n) is 2.98. The molecule has 0 radical (unpaired) electrons. The Balaban J connectivity index is 2.11. The summed E-state index contributed by atoms with van der Waals surface area (Å²) in [5, 5.41) is 0. The summed E-state index contributed by atoms with van der Waals surface area (Å²) >= 11 is 0. The molecule has 3 heteroatoms. The summed E-state index contributed by atoms with van der Waals surface area (Å²) in [5.41, 5.74) is 0.513. The molecule has 0 spiro atoms. The smallest absolute Gasteiger partial charge is 0.333 e. The summed E-state index contributed by atoms with van der Waals surface area (Å²) in [6.45, 7) is 8.11. The maximum absolute atomic E-state index is 11.0. The highest BCUT2D eigenvalue weighted by Crippen LogP contribution is 2.38. The predicted octanol–water partition coefficient (Wildman–Crippen LogP) is 2.46. The third-order valence-corrected chi connectivity index (χ3v) is 2.98. The fraction of sp³-hybridized carbons (Fsp3) is 0.750. The van der Waals surface area contributed by atoms with Gasteiger partial charge in [0.1, 0.15) is 6.61 Å². The molecule has 0 atom stereocenters. The van der Waals surface area contributed by atoms with Gasteiger partial charge in [-0.15, -0.1) is 0 Å². The molecule has 0 saturated heterocycles. The van der Waals surface area contributed by atoms with E-state index >= 15 is 0 Å². The Hall–Kier alpha value is -0.830. The van der Waals surface area contributed by atoms with E-state index in [-0.39, 0.29) is 11.6 Å². The van der Waals surface area contributed by atoms with Crippen LogP contribution in [0.5, 0.6) is 0 Å². The minimum absolute atomic E-state index is 0.0790. The molecule has 3 nitrogen and oxygen atoms in total. The highest BCUT2D eigenvalue weighted by molar-refractivity contribution is 5.86. The van der Waals surface area contributed by atoms with E-state index in [0.29, 0.717) is 18.8 Å². The molecule has 1 rings (SSSR count). The van der Waals surface area contributed by atoms with Gasteiger partial charge in [0.25, 0.3) is 0 Å². The first-order valence-corrected chi connectivity index (χ1v) is 5.56. The minimum Gasteiger partial charge on any atom is -0.460 e. The van der Waals surface area contributed by atoms with Crippen LogP contribution in [0.4, 0.5) is 0 Å². The Kier molecular flexibility index (Phi) is 4.33. The maximum atomic E-state index is 11.0. The van der Waals surface area contributed by atoms with Crippen LogP contribution in [0.3, 0.4) is 0 Å². The zero-order valence-corrected chi connectivity index (χ0v) is 9.67. The lowest BCUT2D eigenvalue weighted by molar-refractivity contribution is -0.147. The Labute approximate surface area is 91.4 Å². The number of ether oxygens (including phenoxy) is 2. The molecule has 0 bridgehead atoms. The van der Waals surface area contributed by atoms with E-state index < -0.39 is 0 Å². The molecule has 0 aliphatic heterocycles. The highest BCUT2D eigenvalue weighted by Gasteiger charge is 2.35. The zero-order valence-electron chi connectivity index (χ0n) is 9.67. The van der Waals surface area contributed by atoms with Crippen LogP contribution in [0.25, 0.3) is 0 Å². The topological polar surface area (TPSA) is 35.5 Å². The first kappa shape index (κ1) is 12.2. The summed E-state index contributed by atoms with van der Waals surface area (Å²) < 4.78 is 10.7. The molecule has 0 aromatic rings. The van der Waals surface area contributed by atoms with Crippen molar-refractivity contribution in [2.24, 2.45) is 0 Å². The Morgan fingerprint density at radius 2 is 2.07 bits per heavy atom. The maximum Gasteiger partial charge on any atom is 0.333 e. The molecule has 0 heterocycles. The molecular weight excluding hydrogens is 192 g/mol. The van der Waals surface area contributed by atoms with Crippen molar-refractivity contribution < 1.29 is 14.3 Å². The van der Waals surface area contributed by atoms with Gasteiger partial charge in [0.2, 0.25) is 0 Å². The van der Waals surface area contributed by atoms with Crippen molar-refractivity contribution in [2.75, 3.05) is 13.2 Å². The average molecular weight is 212 g/mol. The molecule has 0 aromatic carbocycles. The molecule has 1 aliphatic carbocycles. The van der Waals surface area contributed by atoms with E-state index in [1.54, 1.807) is 6.92 Å². The molecule has 0 aromatic heterocycles. The van der Waals surface area contributed by atoms with Crippen molar-refractivity contribution >= 4 is 5.97 Å². The Morgan fingerprint density at radius 3 is 2.47 bits per heavy atom. The first-order chi connectivity index (χ1) is 7.09.